The molecule has 0 aromatic heterocycles. The minimum atomic E-state index is -1.10. The van der Waals surface area contributed by atoms with Crippen LogP contribution < -0.4 is 10.2 Å². The lowest BCUT2D eigenvalue weighted by Crippen LogP contribution is -1.98. The predicted molar refractivity (Wildman–Crippen MR) is 72.7 cm³/mol. The number of carbonyl (C=O) groups is 1. The number of anilines is 1. The van der Waals surface area contributed by atoms with Crippen molar-refractivity contribution in [2.45, 2.75) is 0 Å². The second kappa shape index (κ2) is 6.20. The molecule has 0 aliphatic rings. The van der Waals surface area contributed by atoms with Crippen molar-refractivity contribution in [1.82, 2.24) is 0 Å². The zero-order chi connectivity index (χ0) is 13.5. The van der Waals surface area contributed by atoms with Gasteiger partial charge < -0.3 is 9.84 Å². The fourth-order valence-electron chi connectivity index (χ4n) is 1.38. The molecule has 0 amide bonds. The first-order valence-electron chi connectivity index (χ1n) is 5.59. The van der Waals surface area contributed by atoms with Crippen LogP contribution in [-0.4, -0.2) is 17.3 Å². The summed E-state index contributed by atoms with van der Waals surface area (Å²) in [5, 5.41) is 11.9. The summed E-state index contributed by atoms with van der Waals surface area (Å²) in [5.74, 6) is 0.350. The Morgan fingerprint density at radius 3 is 2.32 bits per heavy atom. The van der Waals surface area contributed by atoms with Crippen molar-refractivity contribution in [2.75, 3.05) is 5.43 Å². The van der Waals surface area contributed by atoms with Gasteiger partial charge in [0, 0.05) is 0 Å². The molecule has 2 rings (SSSR count). The highest BCUT2D eigenvalue weighted by molar-refractivity contribution is 6.22. The number of carboxylic acid groups (broad SMARTS) is 1. The maximum atomic E-state index is 10.2. The molecule has 2 aromatic carbocycles. The fraction of sp³-hybridized carbons (Fsp3) is 0. The third kappa shape index (κ3) is 4.16. The van der Waals surface area contributed by atoms with E-state index in [1.54, 1.807) is 24.3 Å². The fourth-order valence-corrected chi connectivity index (χ4v) is 1.38. The van der Waals surface area contributed by atoms with Gasteiger partial charge in [-0.1, -0.05) is 18.2 Å². The van der Waals surface area contributed by atoms with Crippen LogP contribution in [0.5, 0.6) is 11.5 Å². The van der Waals surface area contributed by atoms with Crippen LogP contribution in [0.15, 0.2) is 59.7 Å². The van der Waals surface area contributed by atoms with Gasteiger partial charge in [0.05, 0.1) is 5.69 Å². The molecule has 0 heterocycles. The third-order valence-electron chi connectivity index (χ3n) is 2.20. The first-order valence-corrected chi connectivity index (χ1v) is 5.59. The van der Waals surface area contributed by atoms with Crippen molar-refractivity contribution in [3.05, 3.63) is 54.6 Å². The Balaban J connectivity index is 1.97. The minimum absolute atomic E-state index is 0.679. The van der Waals surface area contributed by atoms with Crippen LogP contribution >= 0.6 is 0 Å². The molecule has 0 atom stereocenters. The van der Waals surface area contributed by atoms with Gasteiger partial charge >= 0.3 is 5.97 Å². The zero-order valence-electron chi connectivity index (χ0n) is 9.98. The molecule has 0 unspecified atom stereocenters. The van der Waals surface area contributed by atoms with Crippen LogP contribution in [-0.2, 0) is 4.79 Å². The summed E-state index contributed by atoms with van der Waals surface area (Å²) in [6.45, 7) is 0. The number of carboxylic acids is 1. The SMILES string of the molecule is O=C(O)/C=N/Nc1ccc(Oc2ccccc2)cc1. The first kappa shape index (κ1) is 12.6. The molecule has 0 saturated heterocycles. The van der Waals surface area contributed by atoms with Crippen molar-refractivity contribution in [1.29, 1.82) is 0 Å². The highest BCUT2D eigenvalue weighted by Gasteiger charge is 1.96. The monoisotopic (exact) mass is 256 g/mol. The Morgan fingerprint density at radius 1 is 1.05 bits per heavy atom. The number of ether oxygens (including phenoxy) is 1. The zero-order valence-corrected chi connectivity index (χ0v) is 9.98. The van der Waals surface area contributed by atoms with Crippen molar-refractivity contribution < 1.29 is 14.6 Å². The van der Waals surface area contributed by atoms with Crippen LogP contribution in [0.25, 0.3) is 0 Å². The van der Waals surface area contributed by atoms with Crippen LogP contribution in [0, 0.1) is 0 Å². The number of hydrazone groups is 1. The van der Waals surface area contributed by atoms with Gasteiger partial charge in [0.25, 0.3) is 0 Å². The minimum Gasteiger partial charge on any atom is -0.477 e. The van der Waals surface area contributed by atoms with Crippen molar-refractivity contribution in [3.8, 4) is 11.5 Å². The molecule has 0 aliphatic carbocycles. The van der Waals surface area contributed by atoms with Crippen LogP contribution in [0.2, 0.25) is 0 Å². The summed E-state index contributed by atoms with van der Waals surface area (Å²) in [6, 6.07) is 16.5. The molecule has 0 aliphatic heterocycles. The lowest BCUT2D eigenvalue weighted by molar-refractivity contribution is -0.128. The lowest BCUT2D eigenvalue weighted by Gasteiger charge is -2.06. The van der Waals surface area contributed by atoms with E-state index in [9.17, 15) is 4.79 Å². The van der Waals surface area contributed by atoms with Gasteiger partial charge in [0.1, 0.15) is 17.7 Å². The van der Waals surface area contributed by atoms with Crippen molar-refractivity contribution >= 4 is 17.9 Å². The molecule has 0 saturated carbocycles. The van der Waals surface area contributed by atoms with E-state index in [0.717, 1.165) is 12.0 Å². The first-order chi connectivity index (χ1) is 9.24. The van der Waals surface area contributed by atoms with Crippen LogP contribution in [0.4, 0.5) is 5.69 Å². The number of rotatable bonds is 5. The number of nitrogens with one attached hydrogen (secondary N) is 1. The molecular formula is C14H12N2O3. The smallest absolute Gasteiger partial charge is 0.348 e. The standard InChI is InChI=1S/C14H12N2O3/c17-14(18)10-15-16-11-6-8-13(9-7-11)19-12-4-2-1-3-5-12/h1-10,16H,(H,17,18)/b15-10+. The van der Waals surface area contributed by atoms with Crippen molar-refractivity contribution in [2.24, 2.45) is 5.10 Å². The number of hydrogen-bond acceptors (Lipinski definition) is 4. The molecule has 0 radical (unpaired) electrons. The Kier molecular flexibility index (Phi) is 4.12. The summed E-state index contributed by atoms with van der Waals surface area (Å²) in [5.41, 5.74) is 3.28. The summed E-state index contributed by atoms with van der Waals surface area (Å²) in [6.07, 6.45) is 0.786. The number of nitrogens with zero attached hydrogens (tertiary/aromatic N) is 1. The molecule has 2 N–H and O–H groups in total. The molecule has 5 heteroatoms. The Morgan fingerprint density at radius 2 is 1.68 bits per heavy atom. The quantitative estimate of drug-likeness (QED) is 0.637. The van der Waals surface area contributed by atoms with Gasteiger partial charge in [-0.15, -0.1) is 0 Å². The van der Waals surface area contributed by atoms with Gasteiger partial charge in [-0.25, -0.2) is 4.79 Å². The number of hydrogen-bond donors (Lipinski definition) is 2. The molecule has 2 aromatic rings. The number of aliphatic carboxylic acids is 1. The summed E-state index contributed by atoms with van der Waals surface area (Å²) in [4.78, 5) is 10.2. The third-order valence-corrected chi connectivity index (χ3v) is 2.20. The molecular weight excluding hydrogens is 244 g/mol. The van der Waals surface area contributed by atoms with Gasteiger partial charge in [-0.2, -0.15) is 5.10 Å². The van der Waals surface area contributed by atoms with Crippen LogP contribution in [0.1, 0.15) is 0 Å². The Bertz CT molecular complexity index is 565. The topological polar surface area (TPSA) is 70.9 Å². The highest BCUT2D eigenvalue weighted by Crippen LogP contribution is 2.22. The highest BCUT2D eigenvalue weighted by atomic mass is 16.5. The Hall–Kier alpha value is -2.82. The lowest BCUT2D eigenvalue weighted by atomic mass is 10.3. The van der Waals surface area contributed by atoms with E-state index in [1.165, 1.54) is 0 Å². The maximum Gasteiger partial charge on any atom is 0.348 e. The van der Waals surface area contributed by atoms with E-state index in [1.807, 2.05) is 30.3 Å². The molecule has 19 heavy (non-hydrogen) atoms. The summed E-state index contributed by atoms with van der Waals surface area (Å²) >= 11 is 0. The molecule has 5 nitrogen and oxygen atoms in total. The van der Waals surface area contributed by atoms with Gasteiger partial charge in [0.2, 0.25) is 0 Å². The molecule has 0 spiro atoms. The molecule has 0 bridgehead atoms. The van der Waals surface area contributed by atoms with Gasteiger partial charge in [-0.3, -0.25) is 5.43 Å². The second-order valence-electron chi connectivity index (χ2n) is 3.65. The molecule has 0 fully saturated rings. The second-order valence-corrected chi connectivity index (χ2v) is 3.65. The van der Waals surface area contributed by atoms with Crippen molar-refractivity contribution in [3.63, 3.8) is 0 Å². The van der Waals surface area contributed by atoms with Crippen LogP contribution in [0.3, 0.4) is 0 Å². The summed E-state index contributed by atoms with van der Waals surface area (Å²) < 4.78 is 5.62. The maximum absolute atomic E-state index is 10.2. The van der Waals surface area contributed by atoms with E-state index in [4.69, 9.17) is 9.84 Å². The average molecular weight is 256 g/mol. The van der Waals surface area contributed by atoms with E-state index in [-0.39, 0.29) is 0 Å². The Labute approximate surface area is 110 Å². The largest absolute Gasteiger partial charge is 0.477 e. The number of para-hydroxylation sites is 1. The average Bonchev–Trinajstić information content (AvgIpc) is 2.42. The number of benzene rings is 2. The van der Waals surface area contributed by atoms with Gasteiger partial charge in [0.15, 0.2) is 0 Å². The van der Waals surface area contributed by atoms with E-state index in [0.29, 0.717) is 11.4 Å². The van der Waals surface area contributed by atoms with E-state index >= 15 is 0 Å². The van der Waals surface area contributed by atoms with E-state index in [2.05, 4.69) is 10.5 Å². The van der Waals surface area contributed by atoms with E-state index < -0.39 is 5.97 Å². The summed E-state index contributed by atoms with van der Waals surface area (Å²) in [7, 11) is 0. The molecule has 96 valence electrons. The normalized spacial score (nSPS) is 10.3. The van der Waals surface area contributed by atoms with Gasteiger partial charge in [-0.05, 0) is 36.4 Å². The predicted octanol–water partition coefficient (Wildman–Crippen LogP) is 2.96.